The summed E-state index contributed by atoms with van der Waals surface area (Å²) in [7, 11) is 0. The second-order valence-electron chi connectivity index (χ2n) is 14.3. The smallest absolute Gasteiger partial charge is 0.0616 e. The average Bonchev–Trinajstić information content (AvgIpc) is 3.29. The van der Waals surface area contributed by atoms with Crippen molar-refractivity contribution in [2.45, 2.75) is 0 Å². The molecule has 0 radical (unpaired) electrons. The Morgan fingerprint density at radius 2 is 0.722 bits per heavy atom. The van der Waals surface area contributed by atoms with E-state index in [9.17, 15) is 2.74 Å². The largest absolute Gasteiger partial charge is 0.0636 e. The van der Waals surface area contributed by atoms with Crippen LogP contribution in [0.5, 0.6) is 0 Å². The van der Waals surface area contributed by atoms with E-state index in [2.05, 4.69) is 140 Å². The highest BCUT2D eigenvalue weighted by Gasteiger charge is 2.17. The van der Waals surface area contributed by atoms with Gasteiger partial charge in [-0.15, -0.1) is 0 Å². The Morgan fingerprint density at radius 3 is 1.31 bits per heavy atom. The minimum Gasteiger partial charge on any atom is -0.0616 e. The molecule has 0 bridgehead atoms. The molecule has 12 aromatic rings. The Kier molecular flexibility index (Phi) is 4.90. The third-order valence-electron chi connectivity index (χ3n) is 11.4. The molecular formula is C54H32. The average molecular weight is 688 g/mol. The van der Waals surface area contributed by atoms with Crippen LogP contribution in [0, 0.1) is 0 Å². The second-order valence-corrected chi connectivity index (χ2v) is 14.3. The van der Waals surface area contributed by atoms with Gasteiger partial charge >= 0.3 is 0 Å². The Labute approximate surface area is 322 Å². The molecule has 0 aliphatic carbocycles. The molecule has 0 N–H and O–H groups in total. The van der Waals surface area contributed by atoms with Crippen LogP contribution in [0.15, 0.2) is 194 Å². The van der Waals surface area contributed by atoms with Crippen LogP contribution in [-0.2, 0) is 0 Å². The van der Waals surface area contributed by atoms with Crippen LogP contribution < -0.4 is 0 Å². The molecule has 0 amide bonds. The number of fused-ring (bicyclic) bond motifs is 1. The Morgan fingerprint density at radius 1 is 0.278 bits per heavy atom. The molecule has 0 fully saturated rings. The summed E-state index contributed by atoms with van der Waals surface area (Å²) >= 11 is 0. The van der Waals surface area contributed by atoms with Crippen molar-refractivity contribution < 1.29 is 9.60 Å². The van der Waals surface area contributed by atoms with Gasteiger partial charge in [0.05, 0.1) is 9.60 Å². The molecule has 0 aromatic heterocycles. The van der Waals surface area contributed by atoms with Crippen LogP contribution in [0.2, 0.25) is 0 Å². The molecule has 54 heavy (non-hydrogen) atoms. The maximum Gasteiger partial charge on any atom is 0.0636 e. The minimum absolute atomic E-state index is 0.0644. The molecule has 0 aliphatic heterocycles. The predicted molar refractivity (Wildman–Crippen MR) is 233 cm³/mol. The number of benzene rings is 12. The quantitative estimate of drug-likeness (QED) is 0.162. The van der Waals surface area contributed by atoms with Gasteiger partial charge in [-0.2, -0.15) is 0 Å². The van der Waals surface area contributed by atoms with Crippen molar-refractivity contribution in [1.82, 2.24) is 0 Å². The molecule has 248 valence electrons. The molecular weight excluding hydrogens is 649 g/mol. The highest BCUT2D eigenvalue weighted by molar-refractivity contribution is 6.26. The summed E-state index contributed by atoms with van der Waals surface area (Å²) in [5, 5.41) is 14.0. The summed E-state index contributed by atoms with van der Waals surface area (Å²) in [5.74, 6) is 0. The molecule has 0 spiro atoms. The standard InChI is InChI=1S/C54H32/c1-2-6-42-31-43(20-11-33(42)5-1)50-32-44(47-27-22-41-19-17-37-8-4-10-39-24-30-49(47)54(41)52(37)39)25-28-46(50)35-14-12-34(13-15-35)45-26-21-40-18-16-36-7-3-9-38-23-29-48(45)53(40)51(36)38/h1-32H/i1D,2D,5D,6D,11D,20D,31D. The first-order chi connectivity index (χ1) is 29.7. The zero-order valence-corrected chi connectivity index (χ0v) is 28.9. The molecule has 12 aromatic carbocycles. The topological polar surface area (TPSA) is 0 Å². The molecule has 0 heterocycles. The van der Waals surface area contributed by atoms with Gasteiger partial charge in [0.25, 0.3) is 0 Å². The SMILES string of the molecule is [2H]c1c([2H])c([2H])c2c([2H])c(-c3cc(-c4ccc5ccc6cccc7ccc4c5c67)ccc3-c3ccc(-c4ccc5ccc6cccc7ccc4c5c67)cc3)c([2H])c([2H])c2c1[2H]. The van der Waals surface area contributed by atoms with Gasteiger partial charge in [-0.1, -0.05) is 182 Å². The van der Waals surface area contributed by atoms with Gasteiger partial charge in [-0.05, 0) is 132 Å². The van der Waals surface area contributed by atoms with Crippen molar-refractivity contribution in [1.29, 1.82) is 0 Å². The van der Waals surface area contributed by atoms with Crippen LogP contribution in [0.25, 0.3) is 120 Å². The van der Waals surface area contributed by atoms with Crippen molar-refractivity contribution in [3.8, 4) is 44.5 Å². The Bertz CT molecular complexity index is 3800. The Balaban J connectivity index is 1.09. The van der Waals surface area contributed by atoms with Gasteiger partial charge in [0, 0.05) is 0 Å². The summed E-state index contributed by atoms with van der Waals surface area (Å²) in [6, 6.07) is 50.6. The molecule has 0 atom stereocenters. The van der Waals surface area contributed by atoms with Crippen LogP contribution in [0.1, 0.15) is 9.60 Å². The van der Waals surface area contributed by atoms with Gasteiger partial charge in [0.15, 0.2) is 0 Å². The molecule has 0 unspecified atom stereocenters. The van der Waals surface area contributed by atoms with E-state index in [0.717, 1.165) is 54.9 Å². The number of hydrogen-bond acceptors (Lipinski definition) is 0. The van der Waals surface area contributed by atoms with Crippen LogP contribution in [0.3, 0.4) is 0 Å². The van der Waals surface area contributed by atoms with Crippen molar-refractivity contribution in [2.75, 3.05) is 0 Å². The van der Waals surface area contributed by atoms with E-state index >= 15 is 0 Å². The molecule has 0 saturated carbocycles. The van der Waals surface area contributed by atoms with Crippen LogP contribution in [-0.4, -0.2) is 0 Å². The number of hydrogen-bond donors (Lipinski definition) is 0. The fraction of sp³-hybridized carbons (Fsp3) is 0. The van der Waals surface area contributed by atoms with E-state index in [1.54, 1.807) is 0 Å². The van der Waals surface area contributed by atoms with Gasteiger partial charge in [-0.25, -0.2) is 0 Å². The lowest BCUT2D eigenvalue weighted by atomic mass is 9.86. The summed E-state index contributed by atoms with van der Waals surface area (Å²) in [6.45, 7) is 0. The van der Waals surface area contributed by atoms with Crippen LogP contribution >= 0.6 is 0 Å². The third kappa shape index (κ3) is 4.32. The number of rotatable bonds is 4. The highest BCUT2D eigenvalue weighted by Crippen LogP contribution is 2.44. The van der Waals surface area contributed by atoms with E-state index in [4.69, 9.17) is 6.85 Å². The molecule has 12 rings (SSSR count). The van der Waals surface area contributed by atoms with Gasteiger partial charge in [0.2, 0.25) is 0 Å². The fourth-order valence-electron chi connectivity index (χ4n) is 8.89. The van der Waals surface area contributed by atoms with Crippen molar-refractivity contribution in [3.05, 3.63) is 194 Å². The van der Waals surface area contributed by atoms with E-state index in [1.165, 1.54) is 43.1 Å². The summed E-state index contributed by atoms with van der Waals surface area (Å²) in [5.41, 5.74) is 6.28. The zero-order valence-electron chi connectivity index (χ0n) is 35.9. The van der Waals surface area contributed by atoms with Gasteiger partial charge in [0.1, 0.15) is 0 Å². The summed E-state index contributed by atoms with van der Waals surface area (Å²) in [6.07, 6.45) is 0. The maximum atomic E-state index is 9.59. The lowest BCUT2D eigenvalue weighted by Gasteiger charge is -2.17. The minimum atomic E-state index is -0.487. The van der Waals surface area contributed by atoms with E-state index in [0.29, 0.717) is 5.56 Å². The first-order valence-electron chi connectivity index (χ1n) is 21.8. The van der Waals surface area contributed by atoms with Crippen molar-refractivity contribution in [2.24, 2.45) is 0 Å². The lowest BCUT2D eigenvalue weighted by Crippen LogP contribution is -1.91. The van der Waals surface area contributed by atoms with Crippen molar-refractivity contribution >= 4 is 75.4 Å². The fourth-order valence-corrected chi connectivity index (χ4v) is 8.89. The lowest BCUT2D eigenvalue weighted by molar-refractivity contribution is 1.58. The molecule has 0 saturated heterocycles. The van der Waals surface area contributed by atoms with Crippen molar-refractivity contribution in [3.63, 3.8) is 0 Å². The van der Waals surface area contributed by atoms with E-state index < -0.39 is 24.2 Å². The third-order valence-corrected chi connectivity index (χ3v) is 11.4. The molecule has 0 heteroatoms. The highest BCUT2D eigenvalue weighted by atomic mass is 14.2. The summed E-state index contributed by atoms with van der Waals surface area (Å²) in [4.78, 5) is 0. The normalized spacial score (nSPS) is 13.9. The van der Waals surface area contributed by atoms with E-state index in [-0.39, 0.29) is 34.5 Å². The molecule has 0 nitrogen and oxygen atoms in total. The zero-order chi connectivity index (χ0) is 41.4. The first-order valence-corrected chi connectivity index (χ1v) is 18.3. The monoisotopic (exact) mass is 687 g/mol. The Hall–Kier alpha value is -7.02. The first kappa shape index (κ1) is 23.5. The molecule has 0 aliphatic rings. The van der Waals surface area contributed by atoms with Crippen LogP contribution in [0.4, 0.5) is 0 Å². The van der Waals surface area contributed by atoms with E-state index in [1.807, 2.05) is 12.1 Å². The predicted octanol–water partition coefficient (Wildman–Crippen LogP) is 15.3. The maximum absolute atomic E-state index is 9.59. The summed E-state index contributed by atoms with van der Waals surface area (Å²) < 4.78 is 62.4. The van der Waals surface area contributed by atoms with Gasteiger partial charge < -0.3 is 0 Å². The second kappa shape index (κ2) is 11.2. The van der Waals surface area contributed by atoms with Gasteiger partial charge in [-0.3, -0.25) is 0 Å².